The lowest BCUT2D eigenvalue weighted by atomic mass is 10.4. The zero-order valence-electron chi connectivity index (χ0n) is 10.3. The van der Waals surface area contributed by atoms with E-state index in [1.807, 2.05) is 4.68 Å². The molecule has 1 aromatic heterocycles. The van der Waals surface area contributed by atoms with E-state index in [4.69, 9.17) is 4.74 Å². The van der Waals surface area contributed by atoms with E-state index in [1.54, 1.807) is 0 Å². The van der Waals surface area contributed by atoms with Gasteiger partial charge in [-0.3, -0.25) is 9.58 Å². The quantitative estimate of drug-likeness (QED) is 0.762. The zero-order chi connectivity index (χ0) is 11.4. The molecule has 0 unspecified atom stereocenters. The third kappa shape index (κ3) is 2.83. The number of hydrogen-bond donors (Lipinski definition) is 0. The highest BCUT2D eigenvalue weighted by molar-refractivity contribution is 5.07. The number of nitrogens with zero attached hydrogens (tertiary/aromatic N) is 3. The van der Waals surface area contributed by atoms with Crippen molar-refractivity contribution in [3.05, 3.63) is 17.5 Å². The Morgan fingerprint density at radius 2 is 2.12 bits per heavy atom. The number of ether oxygens (including phenoxy) is 1. The molecule has 0 saturated carbocycles. The summed E-state index contributed by atoms with van der Waals surface area (Å²) in [5.41, 5.74) is 2.25. The predicted octanol–water partition coefficient (Wildman–Crippen LogP) is 1.78. The maximum atomic E-state index is 5.67. The Bertz CT molecular complexity index is 329. The van der Waals surface area contributed by atoms with Crippen LogP contribution in [0.25, 0.3) is 0 Å². The highest BCUT2D eigenvalue weighted by Crippen LogP contribution is 2.08. The Hall–Kier alpha value is -0.870. The molecule has 1 aliphatic heterocycles. The van der Waals surface area contributed by atoms with Gasteiger partial charge in [0.1, 0.15) is 0 Å². The van der Waals surface area contributed by atoms with Crippen LogP contribution in [0.3, 0.4) is 0 Å². The Balaban J connectivity index is 1.75. The molecule has 0 aromatic carbocycles. The first kappa shape index (κ1) is 11.6. The molecule has 0 aliphatic carbocycles. The van der Waals surface area contributed by atoms with E-state index >= 15 is 0 Å². The molecule has 1 aliphatic rings. The van der Waals surface area contributed by atoms with Crippen LogP contribution in [0.2, 0.25) is 0 Å². The summed E-state index contributed by atoms with van der Waals surface area (Å²) >= 11 is 0. The van der Waals surface area contributed by atoms with Crippen LogP contribution in [-0.2, 0) is 17.9 Å². The van der Waals surface area contributed by atoms with Crippen LogP contribution in [0, 0.1) is 6.92 Å². The first-order valence-electron chi connectivity index (χ1n) is 6.13. The monoisotopic (exact) mass is 223 g/mol. The molecule has 0 atom stereocenters. The molecule has 0 N–H and O–H groups in total. The Morgan fingerprint density at radius 3 is 2.75 bits per heavy atom. The minimum Gasteiger partial charge on any atom is -0.360 e. The van der Waals surface area contributed by atoms with Crippen molar-refractivity contribution in [2.24, 2.45) is 0 Å². The summed E-state index contributed by atoms with van der Waals surface area (Å²) in [5, 5.41) is 4.47. The average molecular weight is 223 g/mol. The maximum absolute atomic E-state index is 5.67. The smallest absolute Gasteiger partial charge is 0.0995 e. The minimum absolute atomic E-state index is 0.629. The van der Waals surface area contributed by atoms with Crippen LogP contribution < -0.4 is 0 Å². The van der Waals surface area contributed by atoms with Gasteiger partial charge >= 0.3 is 0 Å². The van der Waals surface area contributed by atoms with Gasteiger partial charge in [0.2, 0.25) is 0 Å². The average Bonchev–Trinajstić information content (AvgIpc) is 2.88. The van der Waals surface area contributed by atoms with Crippen LogP contribution in [-0.4, -0.2) is 34.5 Å². The fourth-order valence-corrected chi connectivity index (χ4v) is 2.16. The van der Waals surface area contributed by atoms with E-state index in [0.29, 0.717) is 6.61 Å². The molecule has 1 saturated heterocycles. The first-order chi connectivity index (χ1) is 7.79. The summed E-state index contributed by atoms with van der Waals surface area (Å²) in [6.07, 6.45) is 2.62. The Morgan fingerprint density at radius 1 is 1.38 bits per heavy atom. The molecule has 16 heavy (non-hydrogen) atoms. The summed E-state index contributed by atoms with van der Waals surface area (Å²) in [4.78, 5) is 2.35. The van der Waals surface area contributed by atoms with Gasteiger partial charge in [-0.25, -0.2) is 0 Å². The molecule has 2 heterocycles. The highest BCUT2D eigenvalue weighted by Gasteiger charge is 2.11. The van der Waals surface area contributed by atoms with Crippen molar-refractivity contribution in [3.63, 3.8) is 0 Å². The molecule has 1 fully saturated rings. The SMILES string of the molecule is CCn1nc(COCN2CCCC2)cc1C. The molecular weight excluding hydrogens is 202 g/mol. The van der Waals surface area contributed by atoms with Gasteiger partial charge in [0, 0.05) is 25.3 Å². The van der Waals surface area contributed by atoms with E-state index < -0.39 is 0 Å². The third-order valence-electron chi connectivity index (χ3n) is 3.05. The maximum Gasteiger partial charge on any atom is 0.0995 e. The standard InChI is InChI=1S/C12H21N3O/c1-3-15-11(2)8-12(13-15)9-16-10-14-6-4-5-7-14/h8H,3-7,9-10H2,1-2H3. The van der Waals surface area contributed by atoms with Gasteiger partial charge in [-0.05, 0) is 32.8 Å². The lowest BCUT2D eigenvalue weighted by Gasteiger charge is -2.13. The summed E-state index contributed by atoms with van der Waals surface area (Å²) in [6.45, 7) is 8.86. The molecule has 2 rings (SSSR count). The number of aryl methyl sites for hydroxylation is 2. The Kier molecular flexibility index (Phi) is 3.96. The lowest BCUT2D eigenvalue weighted by Crippen LogP contribution is -2.22. The molecule has 0 amide bonds. The molecule has 1 aromatic rings. The van der Waals surface area contributed by atoms with Crippen LogP contribution in [0.15, 0.2) is 6.07 Å². The van der Waals surface area contributed by atoms with Gasteiger partial charge in [0.25, 0.3) is 0 Å². The summed E-state index contributed by atoms with van der Waals surface area (Å²) < 4.78 is 7.68. The van der Waals surface area contributed by atoms with E-state index in [2.05, 4.69) is 29.9 Å². The van der Waals surface area contributed by atoms with E-state index in [0.717, 1.165) is 19.0 Å². The molecule has 0 spiro atoms. The fraction of sp³-hybridized carbons (Fsp3) is 0.750. The van der Waals surface area contributed by atoms with Crippen molar-refractivity contribution in [2.45, 2.75) is 39.8 Å². The predicted molar refractivity (Wildman–Crippen MR) is 63.1 cm³/mol. The van der Waals surface area contributed by atoms with Crippen molar-refractivity contribution < 1.29 is 4.74 Å². The summed E-state index contributed by atoms with van der Waals surface area (Å²) in [5.74, 6) is 0. The van der Waals surface area contributed by atoms with E-state index in [9.17, 15) is 0 Å². The van der Waals surface area contributed by atoms with Gasteiger partial charge in [-0.1, -0.05) is 0 Å². The first-order valence-corrected chi connectivity index (χ1v) is 6.13. The third-order valence-corrected chi connectivity index (χ3v) is 3.05. The molecule has 0 bridgehead atoms. The number of aromatic nitrogens is 2. The van der Waals surface area contributed by atoms with Crippen LogP contribution in [0.1, 0.15) is 31.2 Å². The Labute approximate surface area is 97.2 Å². The summed E-state index contributed by atoms with van der Waals surface area (Å²) in [6, 6.07) is 2.10. The topological polar surface area (TPSA) is 30.3 Å². The van der Waals surface area contributed by atoms with Gasteiger partial charge in [0.05, 0.1) is 19.0 Å². The van der Waals surface area contributed by atoms with Crippen molar-refractivity contribution in [1.82, 2.24) is 14.7 Å². The van der Waals surface area contributed by atoms with Gasteiger partial charge in [-0.2, -0.15) is 5.10 Å². The van der Waals surface area contributed by atoms with Crippen molar-refractivity contribution in [2.75, 3.05) is 19.8 Å². The number of hydrogen-bond acceptors (Lipinski definition) is 3. The second kappa shape index (κ2) is 5.46. The van der Waals surface area contributed by atoms with Crippen LogP contribution in [0.4, 0.5) is 0 Å². The van der Waals surface area contributed by atoms with Crippen LogP contribution in [0.5, 0.6) is 0 Å². The van der Waals surface area contributed by atoms with E-state index in [-0.39, 0.29) is 0 Å². The normalized spacial score (nSPS) is 17.1. The van der Waals surface area contributed by atoms with Gasteiger partial charge in [-0.15, -0.1) is 0 Å². The van der Waals surface area contributed by atoms with Gasteiger partial charge < -0.3 is 4.74 Å². The molecule has 4 heteroatoms. The highest BCUT2D eigenvalue weighted by atomic mass is 16.5. The van der Waals surface area contributed by atoms with Crippen molar-refractivity contribution >= 4 is 0 Å². The minimum atomic E-state index is 0.629. The van der Waals surface area contributed by atoms with Gasteiger partial charge in [0.15, 0.2) is 0 Å². The van der Waals surface area contributed by atoms with Crippen molar-refractivity contribution in [3.8, 4) is 0 Å². The van der Waals surface area contributed by atoms with Crippen molar-refractivity contribution in [1.29, 1.82) is 0 Å². The second-order valence-corrected chi connectivity index (χ2v) is 4.40. The summed E-state index contributed by atoms with van der Waals surface area (Å²) in [7, 11) is 0. The molecule has 4 nitrogen and oxygen atoms in total. The number of likely N-dealkylation sites (tertiary alicyclic amines) is 1. The zero-order valence-corrected chi connectivity index (χ0v) is 10.3. The van der Waals surface area contributed by atoms with Crippen LogP contribution >= 0.6 is 0 Å². The van der Waals surface area contributed by atoms with E-state index in [1.165, 1.54) is 31.6 Å². The lowest BCUT2D eigenvalue weighted by molar-refractivity contribution is 0.0294. The molecule has 0 radical (unpaired) electrons. The largest absolute Gasteiger partial charge is 0.360 e. The fourth-order valence-electron chi connectivity index (χ4n) is 2.16. The molecular formula is C12H21N3O. The second-order valence-electron chi connectivity index (χ2n) is 4.40. The molecule has 90 valence electrons. The number of rotatable bonds is 5.